The van der Waals surface area contributed by atoms with Crippen molar-refractivity contribution in [3.8, 4) is 5.75 Å². The lowest BCUT2D eigenvalue weighted by molar-refractivity contribution is -0.139. The largest absolute Gasteiger partial charge is 0.497 e. The van der Waals surface area contributed by atoms with Gasteiger partial charge in [-0.2, -0.15) is 0 Å². The van der Waals surface area contributed by atoms with Crippen LogP contribution in [-0.2, 0) is 14.3 Å². The van der Waals surface area contributed by atoms with E-state index in [0.717, 1.165) is 6.08 Å². The molecule has 0 aliphatic rings. The second-order valence-electron chi connectivity index (χ2n) is 6.20. The first-order valence-corrected chi connectivity index (χ1v) is 7.82. The summed E-state index contributed by atoms with van der Waals surface area (Å²) < 4.78 is 9.96. The Bertz CT molecular complexity index is 674. The first kappa shape index (κ1) is 20.2. The van der Waals surface area contributed by atoms with Gasteiger partial charge < -0.3 is 9.47 Å². The molecule has 0 unspecified atom stereocenters. The molecular weight excluding hydrogens is 324 g/mol. The van der Waals surface area contributed by atoms with Gasteiger partial charge in [0.05, 0.1) is 13.7 Å². The van der Waals surface area contributed by atoms with Gasteiger partial charge in [-0.1, -0.05) is 26.8 Å². The second kappa shape index (κ2) is 8.86. The van der Waals surface area contributed by atoms with Gasteiger partial charge in [0, 0.05) is 17.1 Å². The second-order valence-corrected chi connectivity index (χ2v) is 6.20. The van der Waals surface area contributed by atoms with E-state index in [1.54, 1.807) is 52.0 Å². The molecule has 1 aromatic rings. The van der Waals surface area contributed by atoms with Crippen molar-refractivity contribution in [2.75, 3.05) is 13.7 Å². The summed E-state index contributed by atoms with van der Waals surface area (Å²) in [5.74, 6) is -0.973. The molecule has 0 aliphatic heterocycles. The Morgan fingerprint density at radius 3 is 2.40 bits per heavy atom. The van der Waals surface area contributed by atoms with Crippen LogP contribution >= 0.6 is 0 Å². The number of benzene rings is 1. The average molecular weight is 348 g/mol. The van der Waals surface area contributed by atoms with Crippen LogP contribution in [0.4, 0.5) is 0 Å². The maximum absolute atomic E-state index is 12.2. The van der Waals surface area contributed by atoms with Gasteiger partial charge in [0.25, 0.3) is 5.91 Å². The minimum Gasteiger partial charge on any atom is -0.497 e. The van der Waals surface area contributed by atoms with Gasteiger partial charge in [-0.05, 0) is 25.1 Å². The summed E-state index contributed by atoms with van der Waals surface area (Å²) in [7, 11) is 1.50. The summed E-state index contributed by atoms with van der Waals surface area (Å²) in [6, 6.07) is 6.51. The van der Waals surface area contributed by atoms with E-state index in [9.17, 15) is 14.4 Å². The van der Waals surface area contributed by atoms with Crippen molar-refractivity contribution in [1.82, 2.24) is 10.9 Å². The first-order valence-electron chi connectivity index (χ1n) is 7.82. The number of carbonyl (C=O) groups excluding carboxylic acids is 3. The molecule has 0 bridgehead atoms. The van der Waals surface area contributed by atoms with Crippen LogP contribution in [0.2, 0.25) is 0 Å². The Kier molecular flexibility index (Phi) is 7.17. The first-order chi connectivity index (χ1) is 11.7. The van der Waals surface area contributed by atoms with E-state index in [-0.39, 0.29) is 18.1 Å². The molecule has 1 amide bonds. The van der Waals surface area contributed by atoms with E-state index < -0.39 is 17.3 Å². The molecular formula is C18H24N2O5. The normalized spacial score (nSPS) is 11.5. The molecule has 1 rings (SSSR count). The highest BCUT2D eigenvalue weighted by Gasteiger charge is 2.22. The number of allylic oxidation sites excluding steroid dienone is 1. The number of nitrogens with one attached hydrogen (secondary N) is 2. The Morgan fingerprint density at radius 1 is 1.16 bits per heavy atom. The highest BCUT2D eigenvalue weighted by molar-refractivity contribution is 6.02. The molecule has 2 N–H and O–H groups in total. The van der Waals surface area contributed by atoms with Crippen LogP contribution in [0.15, 0.2) is 36.0 Å². The number of methoxy groups -OCH3 is 1. The molecule has 0 fully saturated rings. The molecule has 0 radical (unpaired) electrons. The van der Waals surface area contributed by atoms with Crippen LogP contribution in [0, 0.1) is 5.41 Å². The van der Waals surface area contributed by atoms with Crippen molar-refractivity contribution in [3.05, 3.63) is 41.6 Å². The van der Waals surface area contributed by atoms with E-state index in [1.807, 2.05) is 0 Å². The molecule has 1 aromatic carbocycles. The zero-order chi connectivity index (χ0) is 19.0. The third-order valence-electron chi connectivity index (χ3n) is 3.15. The SMILES string of the molecule is CCOC(=O)/C(=C/C(=O)C(C)(C)C)NNC(=O)c1cccc(OC)c1. The lowest BCUT2D eigenvalue weighted by Gasteiger charge is -2.16. The predicted molar refractivity (Wildman–Crippen MR) is 92.8 cm³/mol. The molecule has 0 aromatic heterocycles. The van der Waals surface area contributed by atoms with Crippen molar-refractivity contribution in [1.29, 1.82) is 0 Å². The number of rotatable bonds is 7. The number of hydrogen-bond donors (Lipinski definition) is 2. The fraction of sp³-hybridized carbons (Fsp3) is 0.389. The molecule has 0 aliphatic carbocycles. The van der Waals surface area contributed by atoms with Crippen molar-refractivity contribution < 1.29 is 23.9 Å². The molecule has 7 nitrogen and oxygen atoms in total. The van der Waals surface area contributed by atoms with Crippen LogP contribution in [-0.4, -0.2) is 31.4 Å². The van der Waals surface area contributed by atoms with Gasteiger partial charge in [-0.15, -0.1) is 0 Å². The quantitative estimate of drug-likeness (QED) is 0.445. The van der Waals surface area contributed by atoms with Crippen LogP contribution in [0.1, 0.15) is 38.1 Å². The zero-order valence-corrected chi connectivity index (χ0v) is 15.1. The zero-order valence-electron chi connectivity index (χ0n) is 15.1. The Balaban J connectivity index is 2.91. The summed E-state index contributed by atoms with van der Waals surface area (Å²) >= 11 is 0. The smallest absolute Gasteiger partial charge is 0.356 e. The lowest BCUT2D eigenvalue weighted by atomic mass is 9.90. The highest BCUT2D eigenvalue weighted by Crippen LogP contribution is 2.16. The van der Waals surface area contributed by atoms with E-state index >= 15 is 0 Å². The minimum absolute atomic E-state index is 0.141. The topological polar surface area (TPSA) is 93.7 Å². The van der Waals surface area contributed by atoms with Crippen molar-refractivity contribution in [2.45, 2.75) is 27.7 Å². The van der Waals surface area contributed by atoms with Gasteiger partial charge >= 0.3 is 5.97 Å². The maximum Gasteiger partial charge on any atom is 0.356 e. The summed E-state index contributed by atoms with van der Waals surface area (Å²) in [5.41, 5.74) is 4.37. The molecule has 0 saturated heterocycles. The molecule has 0 atom stereocenters. The summed E-state index contributed by atoms with van der Waals surface area (Å²) in [6.45, 7) is 6.97. The number of amides is 1. The Morgan fingerprint density at radius 2 is 1.84 bits per heavy atom. The van der Waals surface area contributed by atoms with E-state index in [2.05, 4.69) is 10.9 Å². The average Bonchev–Trinajstić information content (AvgIpc) is 2.57. The van der Waals surface area contributed by atoms with Gasteiger partial charge in [-0.3, -0.25) is 20.4 Å². The number of carbonyl (C=O) groups is 3. The summed E-state index contributed by atoms with van der Waals surface area (Å²) in [4.78, 5) is 36.3. The molecule has 0 saturated carbocycles. The molecule has 0 heterocycles. The van der Waals surface area contributed by atoms with Crippen LogP contribution in [0.3, 0.4) is 0 Å². The molecule has 25 heavy (non-hydrogen) atoms. The fourth-order valence-electron chi connectivity index (χ4n) is 1.66. The van der Waals surface area contributed by atoms with Crippen LogP contribution in [0.5, 0.6) is 5.75 Å². The van der Waals surface area contributed by atoms with Crippen molar-refractivity contribution >= 4 is 17.7 Å². The van der Waals surface area contributed by atoms with E-state index in [4.69, 9.17) is 9.47 Å². The Hall–Kier alpha value is -2.83. The van der Waals surface area contributed by atoms with E-state index in [1.165, 1.54) is 7.11 Å². The molecule has 136 valence electrons. The number of hydrazine groups is 1. The monoisotopic (exact) mass is 348 g/mol. The minimum atomic E-state index is -0.731. The standard InChI is InChI=1S/C18H24N2O5/c1-6-25-17(23)14(11-15(21)18(2,3)4)19-20-16(22)12-8-7-9-13(10-12)24-5/h7-11,19H,6H2,1-5H3,(H,20,22)/b14-11-. The molecule has 7 heteroatoms. The van der Waals surface area contributed by atoms with Gasteiger partial charge in [-0.25, -0.2) is 4.79 Å². The fourth-order valence-corrected chi connectivity index (χ4v) is 1.66. The van der Waals surface area contributed by atoms with E-state index in [0.29, 0.717) is 11.3 Å². The van der Waals surface area contributed by atoms with Gasteiger partial charge in [0.2, 0.25) is 0 Å². The third kappa shape index (κ3) is 6.29. The van der Waals surface area contributed by atoms with Crippen LogP contribution in [0.25, 0.3) is 0 Å². The van der Waals surface area contributed by atoms with Gasteiger partial charge in [0.15, 0.2) is 5.78 Å². The summed E-state index contributed by atoms with van der Waals surface area (Å²) in [6.07, 6.45) is 1.13. The third-order valence-corrected chi connectivity index (χ3v) is 3.15. The van der Waals surface area contributed by atoms with Crippen molar-refractivity contribution in [2.24, 2.45) is 5.41 Å². The maximum atomic E-state index is 12.2. The van der Waals surface area contributed by atoms with Gasteiger partial charge in [0.1, 0.15) is 11.4 Å². The molecule has 0 spiro atoms. The number of esters is 1. The number of hydrogen-bond acceptors (Lipinski definition) is 6. The van der Waals surface area contributed by atoms with Crippen molar-refractivity contribution in [3.63, 3.8) is 0 Å². The lowest BCUT2D eigenvalue weighted by Crippen LogP contribution is -2.40. The summed E-state index contributed by atoms with van der Waals surface area (Å²) in [5, 5.41) is 0. The number of ether oxygens (including phenoxy) is 2. The van der Waals surface area contributed by atoms with Crippen LogP contribution < -0.4 is 15.6 Å². The number of ketones is 1. The predicted octanol–water partition coefficient (Wildman–Crippen LogP) is 1.99. The highest BCUT2D eigenvalue weighted by atomic mass is 16.5. The Labute approximate surface area is 147 Å².